The number of rotatable bonds is 6. The zero-order chi connectivity index (χ0) is 26.6. The first kappa shape index (κ1) is 26.6. The third-order valence-corrected chi connectivity index (χ3v) is 8.41. The number of benzene rings is 1. The van der Waals surface area contributed by atoms with E-state index in [-0.39, 0.29) is 18.0 Å². The largest absolute Gasteiger partial charge is 0.393 e. The van der Waals surface area contributed by atoms with Crippen molar-refractivity contribution in [2.75, 3.05) is 50.5 Å². The molecule has 1 aliphatic carbocycles. The number of likely N-dealkylation sites (tertiary alicyclic amines) is 1. The van der Waals surface area contributed by atoms with Gasteiger partial charge >= 0.3 is 6.03 Å². The molecule has 1 atom stereocenters. The van der Waals surface area contributed by atoms with Crippen LogP contribution in [0.2, 0.25) is 0 Å². The topological polar surface area (TPSA) is 92.3 Å². The van der Waals surface area contributed by atoms with Gasteiger partial charge in [0.05, 0.1) is 23.0 Å². The van der Waals surface area contributed by atoms with E-state index < -0.39 is 0 Å². The van der Waals surface area contributed by atoms with Crippen molar-refractivity contribution in [1.82, 2.24) is 19.7 Å². The molecule has 3 heterocycles. The molecule has 2 N–H and O–H groups in total. The summed E-state index contributed by atoms with van der Waals surface area (Å²) in [5.41, 5.74) is 1.50. The van der Waals surface area contributed by atoms with Gasteiger partial charge in [0.2, 0.25) is 0 Å². The van der Waals surface area contributed by atoms with Gasteiger partial charge in [0, 0.05) is 45.0 Å². The van der Waals surface area contributed by atoms with Crippen molar-refractivity contribution >= 4 is 29.1 Å². The molecule has 5 rings (SSSR count). The lowest BCUT2D eigenvalue weighted by Crippen LogP contribution is -2.51. The number of nitrogens with zero attached hydrogens (tertiary/aromatic N) is 5. The Morgan fingerprint density at radius 2 is 1.87 bits per heavy atom. The zero-order valence-corrected chi connectivity index (χ0v) is 22.6. The second kappa shape index (κ2) is 11.8. The van der Waals surface area contributed by atoms with Crippen LogP contribution in [0.25, 0.3) is 0 Å². The molecule has 2 aromatic rings. The molecule has 2 aliphatic heterocycles. The molecule has 1 aromatic carbocycles. The van der Waals surface area contributed by atoms with Gasteiger partial charge in [0.15, 0.2) is 5.82 Å². The van der Waals surface area contributed by atoms with Crippen LogP contribution < -0.4 is 10.2 Å². The maximum Gasteiger partial charge on any atom is 0.330 e. The molecular formula is C29H40N6O3. The Bertz CT molecular complexity index is 1130. The van der Waals surface area contributed by atoms with Crippen LogP contribution in [-0.4, -0.2) is 95.2 Å². The minimum Gasteiger partial charge on any atom is -0.393 e. The average Bonchev–Trinajstić information content (AvgIpc) is 3.06. The highest BCUT2D eigenvalue weighted by molar-refractivity contribution is 6.16. The quantitative estimate of drug-likeness (QED) is 0.600. The molecule has 38 heavy (non-hydrogen) atoms. The standard InChI is InChI=1S/C29H40N6O3/c1-32(18-19-34-17-6-5-8-22(34)20-33(2)21-12-14-23(36)15-13-21)29(38)35-26-11-4-3-9-24(26)28(37)31-25-10-7-16-30-27(25)35/h3-4,7,9-11,16,21-23,36H,5-6,8,12-15,17-20H2,1-2H3,(H,31,37). The number of para-hydroxylation sites is 1. The summed E-state index contributed by atoms with van der Waals surface area (Å²) in [4.78, 5) is 39.5. The van der Waals surface area contributed by atoms with Crippen LogP contribution in [0.4, 0.5) is 22.0 Å². The van der Waals surface area contributed by atoms with E-state index in [0.29, 0.717) is 41.4 Å². The van der Waals surface area contributed by atoms with E-state index in [2.05, 4.69) is 27.1 Å². The first-order valence-corrected chi connectivity index (χ1v) is 14.0. The first-order chi connectivity index (χ1) is 18.4. The van der Waals surface area contributed by atoms with Crippen molar-refractivity contribution in [2.45, 2.75) is 63.1 Å². The molecule has 9 heteroatoms. The highest BCUT2D eigenvalue weighted by Gasteiger charge is 2.33. The number of carbonyl (C=O) groups is 2. The summed E-state index contributed by atoms with van der Waals surface area (Å²) >= 11 is 0. The van der Waals surface area contributed by atoms with Gasteiger partial charge in [-0.05, 0) is 76.4 Å². The molecule has 3 aliphatic rings. The van der Waals surface area contributed by atoms with Crippen molar-refractivity contribution < 1.29 is 14.7 Å². The van der Waals surface area contributed by atoms with Crippen LogP contribution in [0.15, 0.2) is 42.6 Å². The number of pyridine rings is 1. The van der Waals surface area contributed by atoms with Crippen molar-refractivity contribution in [3.05, 3.63) is 48.2 Å². The van der Waals surface area contributed by atoms with E-state index in [4.69, 9.17) is 0 Å². The summed E-state index contributed by atoms with van der Waals surface area (Å²) in [6.45, 7) is 3.44. The van der Waals surface area contributed by atoms with Gasteiger partial charge < -0.3 is 20.2 Å². The zero-order valence-electron chi connectivity index (χ0n) is 22.6. The number of hydrogen-bond acceptors (Lipinski definition) is 6. The fourth-order valence-corrected chi connectivity index (χ4v) is 6.12. The van der Waals surface area contributed by atoms with E-state index in [1.165, 1.54) is 19.3 Å². The Balaban J connectivity index is 1.27. The molecule has 2 fully saturated rings. The summed E-state index contributed by atoms with van der Waals surface area (Å²) in [6, 6.07) is 11.5. The summed E-state index contributed by atoms with van der Waals surface area (Å²) in [5, 5.41) is 12.8. The number of likely N-dealkylation sites (N-methyl/N-ethyl adjacent to an activating group) is 2. The predicted octanol–water partition coefficient (Wildman–Crippen LogP) is 3.93. The number of carbonyl (C=O) groups excluding carboxylic acids is 2. The second-order valence-corrected chi connectivity index (χ2v) is 11.0. The lowest BCUT2D eigenvalue weighted by molar-refractivity contribution is 0.0560. The van der Waals surface area contributed by atoms with E-state index >= 15 is 0 Å². The third kappa shape index (κ3) is 5.70. The van der Waals surface area contributed by atoms with Gasteiger partial charge in [0.25, 0.3) is 5.91 Å². The average molecular weight is 521 g/mol. The van der Waals surface area contributed by atoms with E-state index in [9.17, 15) is 14.7 Å². The fraction of sp³-hybridized carbons (Fsp3) is 0.552. The Morgan fingerprint density at radius 3 is 2.68 bits per heavy atom. The van der Waals surface area contributed by atoms with E-state index in [1.807, 2.05) is 13.1 Å². The van der Waals surface area contributed by atoms with Crippen molar-refractivity contribution in [1.29, 1.82) is 0 Å². The second-order valence-electron chi connectivity index (χ2n) is 11.0. The molecule has 9 nitrogen and oxygen atoms in total. The minimum atomic E-state index is -0.249. The number of anilines is 3. The van der Waals surface area contributed by atoms with Crippen molar-refractivity contribution in [3.63, 3.8) is 0 Å². The molecule has 0 radical (unpaired) electrons. The highest BCUT2D eigenvalue weighted by Crippen LogP contribution is 2.36. The number of aliphatic hydroxyl groups excluding tert-OH is 1. The molecule has 0 spiro atoms. The number of fused-ring (bicyclic) bond motifs is 2. The minimum absolute atomic E-state index is 0.133. The smallest absolute Gasteiger partial charge is 0.330 e. The van der Waals surface area contributed by atoms with Gasteiger partial charge in [0.1, 0.15) is 0 Å². The molecule has 204 valence electrons. The number of urea groups is 1. The van der Waals surface area contributed by atoms with Crippen LogP contribution in [-0.2, 0) is 0 Å². The fourth-order valence-electron chi connectivity index (χ4n) is 6.12. The Kier molecular flexibility index (Phi) is 8.26. The highest BCUT2D eigenvalue weighted by atomic mass is 16.3. The van der Waals surface area contributed by atoms with Gasteiger partial charge in [-0.25, -0.2) is 14.7 Å². The summed E-state index contributed by atoms with van der Waals surface area (Å²) in [5.74, 6) is 0.179. The maximum atomic E-state index is 13.9. The molecular weight excluding hydrogens is 480 g/mol. The van der Waals surface area contributed by atoms with Gasteiger partial charge in [-0.1, -0.05) is 18.6 Å². The number of aromatic nitrogens is 1. The first-order valence-electron chi connectivity index (χ1n) is 14.0. The third-order valence-electron chi connectivity index (χ3n) is 8.41. The number of aliphatic hydroxyl groups is 1. The summed E-state index contributed by atoms with van der Waals surface area (Å²) in [6.07, 6.45) is 9.01. The van der Waals surface area contributed by atoms with Crippen LogP contribution in [0.5, 0.6) is 0 Å². The van der Waals surface area contributed by atoms with Gasteiger partial charge in [-0.2, -0.15) is 0 Å². The number of hydrogen-bond donors (Lipinski definition) is 2. The van der Waals surface area contributed by atoms with E-state index in [0.717, 1.165) is 45.3 Å². The monoisotopic (exact) mass is 520 g/mol. The number of amides is 3. The Labute approximate surface area is 225 Å². The van der Waals surface area contributed by atoms with Crippen molar-refractivity contribution in [2.24, 2.45) is 0 Å². The Morgan fingerprint density at radius 1 is 1.08 bits per heavy atom. The molecule has 1 aromatic heterocycles. The van der Waals surface area contributed by atoms with Crippen LogP contribution >= 0.6 is 0 Å². The van der Waals surface area contributed by atoms with Crippen LogP contribution in [0, 0.1) is 0 Å². The summed E-state index contributed by atoms with van der Waals surface area (Å²) < 4.78 is 0. The number of piperidine rings is 1. The Hall–Kier alpha value is -3.01. The van der Waals surface area contributed by atoms with Crippen LogP contribution in [0.1, 0.15) is 55.3 Å². The normalized spacial score (nSPS) is 23.8. The lowest BCUT2D eigenvalue weighted by atomic mass is 9.91. The van der Waals surface area contributed by atoms with Crippen LogP contribution in [0.3, 0.4) is 0 Å². The van der Waals surface area contributed by atoms with Gasteiger partial charge in [-0.3, -0.25) is 9.69 Å². The lowest BCUT2D eigenvalue weighted by Gasteiger charge is -2.41. The molecule has 0 bridgehead atoms. The van der Waals surface area contributed by atoms with E-state index in [1.54, 1.807) is 46.3 Å². The molecule has 1 saturated heterocycles. The SMILES string of the molecule is CN(CCN1CCCCC1CN(C)C1CCC(O)CC1)C(=O)N1c2ccccc2C(=O)Nc2cccnc21. The van der Waals surface area contributed by atoms with Gasteiger partial charge in [-0.15, -0.1) is 0 Å². The predicted molar refractivity (Wildman–Crippen MR) is 149 cm³/mol. The molecule has 1 unspecified atom stereocenters. The molecule has 3 amide bonds. The maximum absolute atomic E-state index is 13.9. The van der Waals surface area contributed by atoms with Crippen molar-refractivity contribution in [3.8, 4) is 0 Å². The number of nitrogens with one attached hydrogen (secondary N) is 1. The molecule has 1 saturated carbocycles. The summed E-state index contributed by atoms with van der Waals surface area (Å²) in [7, 11) is 4.05.